The van der Waals surface area contributed by atoms with E-state index >= 15 is 0 Å². The number of carbonyl (C=O) groups is 1. The van der Waals surface area contributed by atoms with Gasteiger partial charge in [0.15, 0.2) is 5.16 Å². The molecule has 1 aromatic heterocycles. The molecule has 31 heavy (non-hydrogen) atoms. The summed E-state index contributed by atoms with van der Waals surface area (Å²) in [6.45, 7) is 6.14. The van der Waals surface area contributed by atoms with Gasteiger partial charge >= 0.3 is 0 Å². The number of amides is 1. The Labute approximate surface area is 187 Å². The van der Waals surface area contributed by atoms with Crippen LogP contribution in [0.4, 0.5) is 5.69 Å². The highest BCUT2D eigenvalue weighted by Gasteiger charge is 2.14. The third-order valence-electron chi connectivity index (χ3n) is 5.23. The van der Waals surface area contributed by atoms with Crippen molar-refractivity contribution in [2.24, 2.45) is 0 Å². The number of hydrogen-bond acceptors (Lipinski definition) is 3. The van der Waals surface area contributed by atoms with E-state index in [1.54, 1.807) is 0 Å². The Balaban J connectivity index is 1.58. The summed E-state index contributed by atoms with van der Waals surface area (Å²) in [6, 6.07) is 24.3. The lowest BCUT2D eigenvalue weighted by Crippen LogP contribution is -2.15. The summed E-state index contributed by atoms with van der Waals surface area (Å²) in [5, 5.41) is 3.82. The van der Waals surface area contributed by atoms with Gasteiger partial charge in [-0.2, -0.15) is 0 Å². The average molecular weight is 428 g/mol. The van der Waals surface area contributed by atoms with Crippen molar-refractivity contribution in [3.05, 3.63) is 95.7 Å². The number of carbonyl (C=O) groups excluding carboxylic acids is 1. The Morgan fingerprint density at radius 1 is 0.968 bits per heavy atom. The van der Waals surface area contributed by atoms with Crippen LogP contribution in [0, 0.1) is 20.8 Å². The molecule has 1 N–H and O–H groups in total. The fourth-order valence-electron chi connectivity index (χ4n) is 3.38. The molecule has 0 fully saturated rings. The molecule has 0 bridgehead atoms. The normalized spacial score (nSPS) is 10.8. The predicted octanol–water partition coefficient (Wildman–Crippen LogP) is 6.20. The molecule has 3 aromatic carbocycles. The van der Waals surface area contributed by atoms with Crippen molar-refractivity contribution in [3.8, 4) is 16.9 Å². The van der Waals surface area contributed by atoms with Crippen LogP contribution in [0.15, 0.2) is 84.1 Å². The number of hydrogen-bond donors (Lipinski definition) is 1. The van der Waals surface area contributed by atoms with Crippen LogP contribution in [-0.2, 0) is 4.79 Å². The Morgan fingerprint density at radius 3 is 2.52 bits per heavy atom. The van der Waals surface area contributed by atoms with Gasteiger partial charge in [0.25, 0.3) is 0 Å². The number of thioether (sulfide) groups is 1. The van der Waals surface area contributed by atoms with E-state index in [1.165, 1.54) is 17.3 Å². The van der Waals surface area contributed by atoms with Crippen molar-refractivity contribution < 1.29 is 4.79 Å². The third-order valence-corrected chi connectivity index (χ3v) is 6.19. The molecule has 1 heterocycles. The second-order valence-electron chi connectivity index (χ2n) is 7.57. The smallest absolute Gasteiger partial charge is 0.234 e. The van der Waals surface area contributed by atoms with E-state index in [0.717, 1.165) is 38.9 Å². The minimum Gasteiger partial charge on any atom is -0.325 e. The minimum atomic E-state index is -0.0428. The molecule has 0 spiro atoms. The topological polar surface area (TPSA) is 46.9 Å². The quantitative estimate of drug-likeness (QED) is 0.373. The monoisotopic (exact) mass is 427 g/mol. The molecule has 0 atom stereocenters. The summed E-state index contributed by atoms with van der Waals surface area (Å²) in [4.78, 5) is 17.5. The summed E-state index contributed by atoms with van der Waals surface area (Å²) in [5.74, 6) is 0.239. The fraction of sp³-hybridized carbons (Fsp3) is 0.154. The van der Waals surface area contributed by atoms with Gasteiger partial charge in [0.1, 0.15) is 0 Å². The van der Waals surface area contributed by atoms with Crippen LogP contribution in [0.25, 0.3) is 16.9 Å². The van der Waals surface area contributed by atoms with E-state index in [0.29, 0.717) is 0 Å². The van der Waals surface area contributed by atoms with E-state index in [9.17, 15) is 4.79 Å². The number of rotatable bonds is 6. The molecule has 0 unspecified atom stereocenters. The highest BCUT2D eigenvalue weighted by atomic mass is 32.2. The third kappa shape index (κ3) is 4.89. The lowest BCUT2D eigenvalue weighted by atomic mass is 10.1. The average Bonchev–Trinajstić information content (AvgIpc) is 3.21. The molecule has 1 amide bonds. The molecule has 156 valence electrons. The van der Waals surface area contributed by atoms with Crippen molar-refractivity contribution >= 4 is 23.4 Å². The summed E-state index contributed by atoms with van der Waals surface area (Å²) in [5.41, 5.74) is 7.26. The van der Waals surface area contributed by atoms with Crippen molar-refractivity contribution in [2.75, 3.05) is 11.1 Å². The number of aromatic nitrogens is 2. The minimum absolute atomic E-state index is 0.0428. The van der Waals surface area contributed by atoms with Crippen LogP contribution in [0.5, 0.6) is 0 Å². The maximum Gasteiger partial charge on any atom is 0.234 e. The van der Waals surface area contributed by atoms with Crippen molar-refractivity contribution in [2.45, 2.75) is 25.9 Å². The summed E-state index contributed by atoms with van der Waals surface area (Å²) < 4.78 is 2.06. The fourth-order valence-corrected chi connectivity index (χ4v) is 4.17. The van der Waals surface area contributed by atoms with E-state index in [2.05, 4.69) is 35.0 Å². The van der Waals surface area contributed by atoms with Crippen molar-refractivity contribution in [1.29, 1.82) is 0 Å². The zero-order valence-corrected chi connectivity index (χ0v) is 18.7. The zero-order chi connectivity index (χ0) is 21.8. The molecule has 4 rings (SSSR count). The molecular formula is C26H25N3OS. The van der Waals surface area contributed by atoms with E-state index < -0.39 is 0 Å². The summed E-state index contributed by atoms with van der Waals surface area (Å²) in [6.07, 6.45) is 2.04. The van der Waals surface area contributed by atoms with Gasteiger partial charge in [-0.15, -0.1) is 0 Å². The number of benzene rings is 3. The van der Waals surface area contributed by atoms with E-state index in [1.807, 2.05) is 74.6 Å². The van der Waals surface area contributed by atoms with Gasteiger partial charge in [-0.05, 0) is 55.7 Å². The van der Waals surface area contributed by atoms with Gasteiger partial charge < -0.3 is 5.32 Å². The standard InChI is InChI=1S/C26H25N3OS/c1-18-9-7-13-22(15-18)29-16-24(21-11-5-4-6-12-21)28-26(29)31-17-25(30)27-23-14-8-10-19(2)20(23)3/h4-16H,17H2,1-3H3,(H,27,30). The molecule has 0 saturated heterocycles. The Kier molecular flexibility index (Phi) is 6.23. The molecule has 0 aliphatic carbocycles. The number of aryl methyl sites for hydroxylation is 2. The molecule has 0 aliphatic rings. The molecule has 4 nitrogen and oxygen atoms in total. The first-order valence-corrected chi connectivity index (χ1v) is 11.2. The Hall–Kier alpha value is -3.31. The second-order valence-corrected chi connectivity index (χ2v) is 8.51. The largest absolute Gasteiger partial charge is 0.325 e. The second kappa shape index (κ2) is 9.23. The van der Waals surface area contributed by atoms with Crippen LogP contribution in [0.1, 0.15) is 16.7 Å². The molecule has 0 aliphatic heterocycles. The molecule has 0 radical (unpaired) electrons. The Morgan fingerprint density at radius 2 is 1.74 bits per heavy atom. The highest BCUT2D eigenvalue weighted by molar-refractivity contribution is 7.99. The van der Waals surface area contributed by atoms with Gasteiger partial charge in [0, 0.05) is 23.1 Å². The molecule has 0 saturated carbocycles. The maximum absolute atomic E-state index is 12.7. The zero-order valence-electron chi connectivity index (χ0n) is 17.9. The van der Waals surface area contributed by atoms with Crippen LogP contribution in [0.3, 0.4) is 0 Å². The molecule has 4 aromatic rings. The lowest BCUT2D eigenvalue weighted by molar-refractivity contribution is -0.113. The van der Waals surface area contributed by atoms with E-state index in [4.69, 9.17) is 4.98 Å². The molecular weight excluding hydrogens is 402 g/mol. The van der Waals surface area contributed by atoms with Crippen LogP contribution < -0.4 is 5.32 Å². The Bertz CT molecular complexity index is 1210. The number of imidazole rings is 1. The lowest BCUT2D eigenvalue weighted by Gasteiger charge is -2.11. The first-order valence-electron chi connectivity index (χ1n) is 10.2. The van der Waals surface area contributed by atoms with Crippen LogP contribution in [-0.4, -0.2) is 21.2 Å². The van der Waals surface area contributed by atoms with Gasteiger partial charge in [0.05, 0.1) is 11.4 Å². The van der Waals surface area contributed by atoms with Gasteiger partial charge in [-0.1, -0.05) is 66.4 Å². The number of anilines is 1. The maximum atomic E-state index is 12.7. The SMILES string of the molecule is Cc1cccc(-n2cc(-c3ccccc3)nc2SCC(=O)Nc2cccc(C)c2C)c1. The van der Waals surface area contributed by atoms with Crippen LogP contribution in [0.2, 0.25) is 0 Å². The van der Waals surface area contributed by atoms with Crippen molar-refractivity contribution in [3.63, 3.8) is 0 Å². The molecule has 5 heteroatoms. The first-order chi connectivity index (χ1) is 15.0. The predicted molar refractivity (Wildman–Crippen MR) is 129 cm³/mol. The highest BCUT2D eigenvalue weighted by Crippen LogP contribution is 2.28. The van der Waals surface area contributed by atoms with Crippen molar-refractivity contribution in [1.82, 2.24) is 9.55 Å². The van der Waals surface area contributed by atoms with Gasteiger partial charge in [-0.3, -0.25) is 9.36 Å². The van der Waals surface area contributed by atoms with Gasteiger partial charge in [0.2, 0.25) is 5.91 Å². The van der Waals surface area contributed by atoms with Crippen LogP contribution >= 0.6 is 11.8 Å². The number of nitrogens with one attached hydrogen (secondary N) is 1. The summed E-state index contributed by atoms with van der Waals surface area (Å²) >= 11 is 1.44. The summed E-state index contributed by atoms with van der Waals surface area (Å²) in [7, 11) is 0. The number of nitrogens with zero attached hydrogens (tertiary/aromatic N) is 2. The first kappa shape index (κ1) is 20.9. The van der Waals surface area contributed by atoms with Gasteiger partial charge in [-0.25, -0.2) is 4.98 Å². The van der Waals surface area contributed by atoms with E-state index in [-0.39, 0.29) is 11.7 Å².